The van der Waals surface area contributed by atoms with E-state index in [-0.39, 0.29) is 48.3 Å². The molecule has 2 amide bonds. The van der Waals surface area contributed by atoms with Gasteiger partial charge in [-0.25, -0.2) is 20.4 Å². The van der Waals surface area contributed by atoms with Crippen molar-refractivity contribution in [2.75, 3.05) is 66.6 Å². The van der Waals surface area contributed by atoms with Crippen LogP contribution in [0, 0.1) is 17.3 Å². The summed E-state index contributed by atoms with van der Waals surface area (Å²) in [5, 5.41) is 8.85. The molecule has 4 aromatic heterocycles. The van der Waals surface area contributed by atoms with E-state index in [1.165, 1.54) is 36.1 Å². The van der Waals surface area contributed by atoms with E-state index in [4.69, 9.17) is 19.4 Å². The summed E-state index contributed by atoms with van der Waals surface area (Å²) in [7, 11) is 3.84. The maximum atomic E-state index is 15.3. The van der Waals surface area contributed by atoms with Gasteiger partial charge in [0, 0.05) is 122 Å². The Labute approximate surface area is 408 Å². The average molecular weight is 956 g/mol. The van der Waals surface area contributed by atoms with Crippen LogP contribution in [0.1, 0.15) is 99.4 Å². The second kappa shape index (κ2) is 18.5. The van der Waals surface area contributed by atoms with Crippen molar-refractivity contribution >= 4 is 40.0 Å². The first-order valence-corrected chi connectivity index (χ1v) is 25.8. The van der Waals surface area contributed by atoms with Crippen molar-refractivity contribution in [3.05, 3.63) is 82.5 Å². The molecule has 0 spiro atoms. The van der Waals surface area contributed by atoms with Gasteiger partial charge in [0.25, 0.3) is 5.91 Å². The molecule has 6 aliphatic rings. The zero-order valence-corrected chi connectivity index (χ0v) is 41.5. The van der Waals surface area contributed by atoms with Gasteiger partial charge in [0.1, 0.15) is 23.4 Å². The van der Waals surface area contributed by atoms with Crippen LogP contribution in [0.5, 0.6) is 0 Å². The fourth-order valence-electron chi connectivity index (χ4n) is 11.5. The minimum Gasteiger partial charge on any atom is -0.464 e. The Morgan fingerprint density at radius 3 is 2.57 bits per heavy atom. The number of nitrogens with one attached hydrogen (secondary N) is 2. The highest BCUT2D eigenvalue weighted by atomic mass is 32.1. The molecule has 1 aromatic carbocycles. The number of amides is 2. The first-order valence-electron chi connectivity index (χ1n) is 24.9. The molecule has 2 aliphatic carbocycles. The van der Waals surface area contributed by atoms with E-state index in [0.29, 0.717) is 44.9 Å². The molecule has 5 fully saturated rings. The van der Waals surface area contributed by atoms with Gasteiger partial charge in [-0.3, -0.25) is 34.2 Å². The van der Waals surface area contributed by atoms with Crippen LogP contribution in [0.4, 0.5) is 0 Å². The fourth-order valence-corrected chi connectivity index (χ4v) is 12.5. The largest absolute Gasteiger partial charge is 0.464 e. The highest BCUT2D eigenvalue weighted by molar-refractivity contribution is 7.10. The van der Waals surface area contributed by atoms with Crippen molar-refractivity contribution in [1.29, 1.82) is 0 Å². The number of thiazole rings is 1. The number of aromatic nitrogens is 5. The Morgan fingerprint density at radius 2 is 1.81 bits per heavy atom. The molecule has 0 radical (unpaired) electrons. The minimum atomic E-state index is -1.01. The first-order chi connectivity index (χ1) is 33.4. The number of ether oxygens (including phenoxy) is 2. The molecule has 2 saturated carbocycles. The molecule has 364 valence electrons. The van der Waals surface area contributed by atoms with Crippen LogP contribution in [0.2, 0.25) is 0 Å². The Hall–Kier alpha value is -5.17. The number of benzene rings is 1. The second-order valence-electron chi connectivity index (χ2n) is 21.2. The number of nitrogens with zero attached hydrogens (tertiary/aromatic N) is 9. The summed E-state index contributed by atoms with van der Waals surface area (Å²) < 4.78 is 14.8. The SMILES string of the molecule is CO[C@@H](C)c1ncccc1-c1c2c3cc(ccc3n1C1CN(C3CC3)C1)-c1csc(n1)[C@@H](N1CCN(C)CC1)[C@H](NC(=O)[C@@H]1[C@@H](C)[C@H]1c1ccncn1)C(=O)N1CCC[C@H](N1)C(=O)OCC(C)(C)C2. The van der Waals surface area contributed by atoms with Crippen LogP contribution in [0.25, 0.3) is 33.4 Å². The number of hydrogen-bond donors (Lipinski definition) is 2. The molecule has 6 bridgehead atoms. The third kappa shape index (κ3) is 8.88. The summed E-state index contributed by atoms with van der Waals surface area (Å²) in [5.74, 6) is -1.31. The lowest BCUT2D eigenvalue weighted by Gasteiger charge is -2.42. The van der Waals surface area contributed by atoms with Crippen molar-refractivity contribution < 1.29 is 23.9 Å². The van der Waals surface area contributed by atoms with Crippen molar-refractivity contribution in [3.8, 4) is 22.5 Å². The number of cyclic esters (lactones) is 1. The van der Waals surface area contributed by atoms with Gasteiger partial charge >= 0.3 is 5.97 Å². The lowest BCUT2D eigenvalue weighted by atomic mass is 9.84. The summed E-state index contributed by atoms with van der Waals surface area (Å²) in [4.78, 5) is 70.4. The summed E-state index contributed by atoms with van der Waals surface area (Å²) in [6.45, 7) is 13.9. The predicted molar refractivity (Wildman–Crippen MR) is 263 cm³/mol. The number of hydrogen-bond acceptors (Lipinski definition) is 14. The van der Waals surface area contributed by atoms with Crippen molar-refractivity contribution in [2.45, 2.75) is 102 Å². The second-order valence-corrected chi connectivity index (χ2v) is 22.1. The molecule has 5 aromatic rings. The normalized spacial score (nSPS) is 27.7. The van der Waals surface area contributed by atoms with E-state index in [2.05, 4.69) is 104 Å². The van der Waals surface area contributed by atoms with E-state index >= 15 is 4.79 Å². The number of rotatable bonds is 9. The average Bonchev–Trinajstić information content (AvgIpc) is 4.23. The standard InChI is InChI=1S/C52H65N11O5S/c1-30-42(38-15-17-53-29-55-38)43(30)48(64)57-45-47(60-21-19-59(5)20-22-60)49-56-40(27-69-49)32-11-14-41-36(23-32)37(24-52(3,4)28-68-51(66)39-10-8-18-62(58-39)50(45)65)46(35-9-7-16-54-44(35)31(2)67-6)63(41)34-25-61(26-34)33-12-13-33/h7,9,11,14-17,23,27,29-31,33-34,39,42-43,45,47,58H,8,10,12-13,18-22,24-26,28H2,1-6H3,(H,57,64)/t30-,31-,39-,42-,43+,45-,47-/m0/s1. The molecule has 7 atom stereocenters. The minimum absolute atomic E-state index is 0.0315. The Morgan fingerprint density at radius 1 is 1.00 bits per heavy atom. The first kappa shape index (κ1) is 46.2. The van der Waals surface area contributed by atoms with Crippen LogP contribution >= 0.6 is 11.3 Å². The number of pyridine rings is 1. The van der Waals surface area contributed by atoms with Gasteiger partial charge in [0.05, 0.1) is 41.9 Å². The number of fused-ring (bicyclic) bond motifs is 6. The number of methoxy groups -OCH3 is 1. The van der Waals surface area contributed by atoms with Crippen LogP contribution in [-0.2, 0) is 30.3 Å². The van der Waals surface area contributed by atoms with Gasteiger partial charge in [-0.1, -0.05) is 26.8 Å². The molecule has 8 heterocycles. The Kier molecular flexibility index (Phi) is 12.4. The lowest BCUT2D eigenvalue weighted by Crippen LogP contribution is -2.63. The number of carbonyl (C=O) groups is 3. The highest BCUT2D eigenvalue weighted by Crippen LogP contribution is 2.53. The lowest BCUT2D eigenvalue weighted by molar-refractivity contribution is -0.156. The molecule has 3 saturated heterocycles. The summed E-state index contributed by atoms with van der Waals surface area (Å²) in [6.07, 6.45) is 9.06. The summed E-state index contributed by atoms with van der Waals surface area (Å²) in [5.41, 5.74) is 10.8. The van der Waals surface area contributed by atoms with Gasteiger partial charge in [-0.2, -0.15) is 0 Å². The van der Waals surface area contributed by atoms with E-state index in [1.807, 2.05) is 18.3 Å². The van der Waals surface area contributed by atoms with Gasteiger partial charge in [-0.05, 0) is 87.9 Å². The molecule has 0 unspecified atom stereocenters. The van der Waals surface area contributed by atoms with Crippen LogP contribution in [-0.4, -0.2) is 147 Å². The van der Waals surface area contributed by atoms with Crippen LogP contribution in [0.15, 0.2) is 60.5 Å². The Balaban J connectivity index is 1.06. The van der Waals surface area contributed by atoms with Crippen molar-refractivity contribution in [1.82, 2.24) is 55.0 Å². The molecule has 11 rings (SSSR count). The number of piperazine rings is 1. The summed E-state index contributed by atoms with van der Waals surface area (Å²) >= 11 is 1.53. The molecule has 69 heavy (non-hydrogen) atoms. The smallest absolute Gasteiger partial charge is 0.324 e. The molecule has 17 heteroatoms. The quantitative estimate of drug-likeness (QED) is 0.171. The van der Waals surface area contributed by atoms with E-state index in [0.717, 1.165) is 76.0 Å². The van der Waals surface area contributed by atoms with E-state index in [1.54, 1.807) is 18.3 Å². The van der Waals surface area contributed by atoms with E-state index in [9.17, 15) is 9.59 Å². The molecular formula is C52H65N11O5S. The van der Waals surface area contributed by atoms with Gasteiger partial charge < -0.3 is 24.3 Å². The highest BCUT2D eigenvalue weighted by Gasteiger charge is 2.55. The number of likely N-dealkylation sites (tertiary alicyclic amines) is 1. The van der Waals surface area contributed by atoms with Gasteiger partial charge in [0.15, 0.2) is 0 Å². The van der Waals surface area contributed by atoms with Gasteiger partial charge in [0.2, 0.25) is 5.91 Å². The van der Waals surface area contributed by atoms with Gasteiger partial charge in [-0.15, -0.1) is 11.3 Å². The third-order valence-electron chi connectivity index (χ3n) is 15.8. The van der Waals surface area contributed by atoms with Crippen LogP contribution < -0.4 is 10.7 Å². The number of carbonyl (C=O) groups excluding carboxylic acids is 3. The monoisotopic (exact) mass is 955 g/mol. The summed E-state index contributed by atoms with van der Waals surface area (Å²) in [6, 6.07) is 11.4. The number of likely N-dealkylation sites (N-methyl/N-ethyl adjacent to an activating group) is 1. The maximum absolute atomic E-state index is 15.3. The predicted octanol–water partition coefficient (Wildman–Crippen LogP) is 5.79. The number of hydrazine groups is 1. The molecule has 4 aliphatic heterocycles. The third-order valence-corrected chi connectivity index (χ3v) is 16.7. The molecule has 16 nitrogen and oxygen atoms in total. The van der Waals surface area contributed by atoms with Crippen molar-refractivity contribution in [3.63, 3.8) is 0 Å². The van der Waals surface area contributed by atoms with Crippen molar-refractivity contribution in [2.24, 2.45) is 17.3 Å². The molecular weight excluding hydrogens is 891 g/mol. The molecule has 2 N–H and O–H groups in total. The van der Waals surface area contributed by atoms with Crippen LogP contribution in [0.3, 0.4) is 0 Å². The number of esters is 1. The topological polar surface area (TPSA) is 163 Å². The zero-order chi connectivity index (χ0) is 47.7. The Bertz CT molecular complexity index is 2730. The zero-order valence-electron chi connectivity index (χ0n) is 40.6. The maximum Gasteiger partial charge on any atom is 0.324 e. The fraction of sp³-hybridized carbons (Fsp3) is 0.558. The van der Waals surface area contributed by atoms with E-state index < -0.39 is 29.5 Å².